The second-order valence-corrected chi connectivity index (χ2v) is 6.87. The van der Waals surface area contributed by atoms with Gasteiger partial charge in [-0.25, -0.2) is 0 Å². The smallest absolute Gasteiger partial charge is 0.0141 e. The van der Waals surface area contributed by atoms with E-state index in [-0.39, 0.29) is 0 Å². The molecule has 2 fully saturated rings. The Bertz CT molecular complexity index is 417. The molecule has 1 aromatic rings. The molecule has 2 N–H and O–H groups in total. The van der Waals surface area contributed by atoms with E-state index >= 15 is 0 Å². The Morgan fingerprint density at radius 1 is 1.15 bits per heavy atom. The van der Waals surface area contributed by atoms with E-state index in [4.69, 9.17) is 5.73 Å². The van der Waals surface area contributed by atoms with Gasteiger partial charge in [0, 0.05) is 12.6 Å². The third kappa shape index (κ3) is 2.91. The predicted molar refractivity (Wildman–Crippen MR) is 84.7 cm³/mol. The summed E-state index contributed by atoms with van der Waals surface area (Å²) in [5.41, 5.74) is 7.58. The molecule has 0 radical (unpaired) electrons. The largest absolute Gasteiger partial charge is 0.330 e. The predicted octanol–water partition coefficient (Wildman–Crippen LogP) is 3.24. The maximum absolute atomic E-state index is 6.05. The molecule has 2 heteroatoms. The lowest BCUT2D eigenvalue weighted by Crippen LogP contribution is -2.45. The molecule has 3 rings (SSSR count). The van der Waals surface area contributed by atoms with Crippen molar-refractivity contribution in [2.24, 2.45) is 17.6 Å². The van der Waals surface area contributed by atoms with Crippen molar-refractivity contribution in [2.45, 2.75) is 44.6 Å². The topological polar surface area (TPSA) is 29.3 Å². The maximum Gasteiger partial charge on any atom is 0.0141 e. The van der Waals surface area contributed by atoms with Crippen molar-refractivity contribution in [2.75, 3.05) is 19.6 Å². The highest BCUT2D eigenvalue weighted by molar-refractivity contribution is 5.20. The minimum atomic E-state index is 0.709. The number of rotatable bonds is 3. The van der Waals surface area contributed by atoms with Gasteiger partial charge in [0.1, 0.15) is 0 Å². The van der Waals surface area contributed by atoms with Crippen LogP contribution >= 0.6 is 0 Å². The molecule has 0 spiro atoms. The minimum Gasteiger partial charge on any atom is -0.330 e. The van der Waals surface area contributed by atoms with E-state index < -0.39 is 0 Å². The summed E-state index contributed by atoms with van der Waals surface area (Å²) in [7, 11) is 0. The van der Waals surface area contributed by atoms with Crippen molar-refractivity contribution in [3.63, 3.8) is 0 Å². The van der Waals surface area contributed by atoms with E-state index in [2.05, 4.69) is 42.2 Å². The van der Waals surface area contributed by atoms with Crippen LogP contribution in [0.15, 0.2) is 30.3 Å². The molecule has 0 aromatic heterocycles. The SMILES string of the molecule is CC1CCN(C2CC(c3ccccc3)CCC2CN)C1. The van der Waals surface area contributed by atoms with Crippen molar-refractivity contribution in [3.8, 4) is 0 Å². The highest BCUT2D eigenvalue weighted by atomic mass is 15.2. The van der Waals surface area contributed by atoms with Gasteiger partial charge in [-0.1, -0.05) is 37.3 Å². The van der Waals surface area contributed by atoms with Gasteiger partial charge in [-0.15, -0.1) is 0 Å². The van der Waals surface area contributed by atoms with Crippen LogP contribution in [0.1, 0.15) is 44.1 Å². The molecule has 0 bridgehead atoms. The zero-order valence-corrected chi connectivity index (χ0v) is 12.7. The van der Waals surface area contributed by atoms with Crippen LogP contribution in [0.4, 0.5) is 0 Å². The molecular formula is C18H28N2. The lowest BCUT2D eigenvalue weighted by Gasteiger charge is -2.41. The first-order valence-corrected chi connectivity index (χ1v) is 8.27. The summed E-state index contributed by atoms with van der Waals surface area (Å²) in [6.07, 6.45) is 5.28. The van der Waals surface area contributed by atoms with Gasteiger partial charge in [0.15, 0.2) is 0 Å². The molecule has 4 unspecified atom stereocenters. The second-order valence-electron chi connectivity index (χ2n) is 6.87. The zero-order valence-electron chi connectivity index (χ0n) is 12.7. The van der Waals surface area contributed by atoms with E-state index in [0.717, 1.165) is 18.4 Å². The molecular weight excluding hydrogens is 244 g/mol. The summed E-state index contributed by atoms with van der Waals surface area (Å²) in [4.78, 5) is 2.73. The Morgan fingerprint density at radius 3 is 2.60 bits per heavy atom. The van der Waals surface area contributed by atoms with Crippen LogP contribution in [-0.2, 0) is 0 Å². The normalized spacial score (nSPS) is 35.3. The van der Waals surface area contributed by atoms with E-state index in [1.165, 1.54) is 44.3 Å². The molecule has 1 aliphatic heterocycles. The highest BCUT2D eigenvalue weighted by Gasteiger charge is 2.36. The van der Waals surface area contributed by atoms with E-state index in [1.54, 1.807) is 0 Å². The molecule has 4 atom stereocenters. The molecule has 2 nitrogen and oxygen atoms in total. The van der Waals surface area contributed by atoms with Gasteiger partial charge in [0.25, 0.3) is 0 Å². The third-order valence-electron chi connectivity index (χ3n) is 5.45. The van der Waals surface area contributed by atoms with Gasteiger partial charge in [0.05, 0.1) is 0 Å². The van der Waals surface area contributed by atoms with Crippen molar-refractivity contribution in [1.82, 2.24) is 4.90 Å². The zero-order chi connectivity index (χ0) is 13.9. The maximum atomic E-state index is 6.05. The van der Waals surface area contributed by atoms with Gasteiger partial charge in [0.2, 0.25) is 0 Å². The molecule has 1 heterocycles. The van der Waals surface area contributed by atoms with Crippen LogP contribution in [0.2, 0.25) is 0 Å². The molecule has 1 saturated carbocycles. The second kappa shape index (κ2) is 6.28. The molecule has 1 saturated heterocycles. The lowest BCUT2D eigenvalue weighted by atomic mass is 9.75. The van der Waals surface area contributed by atoms with Gasteiger partial charge in [-0.3, -0.25) is 4.90 Å². The van der Waals surface area contributed by atoms with Gasteiger partial charge < -0.3 is 5.73 Å². The standard InChI is InChI=1S/C18H28N2/c1-14-9-10-20(13-14)18-11-16(7-8-17(18)12-19)15-5-3-2-4-6-15/h2-6,14,16-18H,7-13,19H2,1H3. The number of nitrogens with zero attached hydrogens (tertiary/aromatic N) is 1. The van der Waals surface area contributed by atoms with Crippen molar-refractivity contribution in [1.29, 1.82) is 0 Å². The number of likely N-dealkylation sites (tertiary alicyclic amines) is 1. The van der Waals surface area contributed by atoms with E-state index in [0.29, 0.717) is 12.0 Å². The Hall–Kier alpha value is -0.860. The molecule has 2 aliphatic rings. The lowest BCUT2D eigenvalue weighted by molar-refractivity contribution is 0.118. The van der Waals surface area contributed by atoms with Crippen LogP contribution in [-0.4, -0.2) is 30.6 Å². The van der Waals surface area contributed by atoms with Crippen molar-refractivity contribution < 1.29 is 0 Å². The summed E-state index contributed by atoms with van der Waals surface area (Å²) in [5, 5.41) is 0. The molecule has 20 heavy (non-hydrogen) atoms. The monoisotopic (exact) mass is 272 g/mol. The molecule has 110 valence electrons. The average molecular weight is 272 g/mol. The summed E-state index contributed by atoms with van der Waals surface area (Å²) >= 11 is 0. The fourth-order valence-corrected chi connectivity index (χ4v) is 4.23. The van der Waals surface area contributed by atoms with Crippen LogP contribution in [0.25, 0.3) is 0 Å². The molecule has 1 aliphatic carbocycles. The van der Waals surface area contributed by atoms with Crippen LogP contribution < -0.4 is 5.73 Å². The van der Waals surface area contributed by atoms with Crippen LogP contribution in [0.5, 0.6) is 0 Å². The number of hydrogen-bond acceptors (Lipinski definition) is 2. The summed E-state index contributed by atoms with van der Waals surface area (Å²) < 4.78 is 0. The Morgan fingerprint density at radius 2 is 1.95 bits per heavy atom. The van der Waals surface area contributed by atoms with Crippen LogP contribution in [0.3, 0.4) is 0 Å². The molecule has 0 amide bonds. The number of nitrogens with two attached hydrogens (primary N) is 1. The van der Waals surface area contributed by atoms with Gasteiger partial charge in [-0.05, 0) is 62.1 Å². The molecule has 1 aromatic carbocycles. The number of hydrogen-bond donors (Lipinski definition) is 1. The first-order chi connectivity index (χ1) is 9.78. The fraction of sp³-hybridized carbons (Fsp3) is 0.667. The first-order valence-electron chi connectivity index (χ1n) is 8.27. The Balaban J connectivity index is 1.72. The van der Waals surface area contributed by atoms with E-state index in [1.807, 2.05) is 0 Å². The summed E-state index contributed by atoms with van der Waals surface area (Å²) in [6, 6.07) is 11.8. The average Bonchev–Trinajstić information content (AvgIpc) is 2.94. The fourth-order valence-electron chi connectivity index (χ4n) is 4.23. The van der Waals surface area contributed by atoms with Crippen LogP contribution in [0, 0.1) is 11.8 Å². The third-order valence-corrected chi connectivity index (χ3v) is 5.45. The van der Waals surface area contributed by atoms with E-state index in [9.17, 15) is 0 Å². The first kappa shape index (κ1) is 14.1. The van der Waals surface area contributed by atoms with Crippen molar-refractivity contribution in [3.05, 3.63) is 35.9 Å². The van der Waals surface area contributed by atoms with Gasteiger partial charge in [-0.2, -0.15) is 0 Å². The minimum absolute atomic E-state index is 0.709. The summed E-state index contributed by atoms with van der Waals surface area (Å²) in [5.74, 6) is 2.31. The Labute approximate surface area is 123 Å². The van der Waals surface area contributed by atoms with Crippen molar-refractivity contribution >= 4 is 0 Å². The Kier molecular flexibility index (Phi) is 4.42. The number of benzene rings is 1. The highest BCUT2D eigenvalue weighted by Crippen LogP contribution is 2.39. The quantitative estimate of drug-likeness (QED) is 0.915. The van der Waals surface area contributed by atoms with Gasteiger partial charge >= 0.3 is 0 Å². The summed E-state index contributed by atoms with van der Waals surface area (Å²) in [6.45, 7) is 5.80.